The lowest BCUT2D eigenvalue weighted by Gasteiger charge is -2.12. The van der Waals surface area contributed by atoms with E-state index in [1.54, 1.807) is 24.3 Å². The third-order valence-corrected chi connectivity index (χ3v) is 3.35. The summed E-state index contributed by atoms with van der Waals surface area (Å²) in [6.07, 6.45) is 0.780. The molecule has 98 valence electrons. The van der Waals surface area contributed by atoms with Gasteiger partial charge in [-0.1, -0.05) is 35.3 Å². The van der Waals surface area contributed by atoms with Crippen LogP contribution in [0.25, 0.3) is 0 Å². The summed E-state index contributed by atoms with van der Waals surface area (Å²) in [6, 6.07) is 10.6. The maximum atomic E-state index is 11.0. The van der Waals surface area contributed by atoms with Crippen molar-refractivity contribution >= 4 is 29.5 Å². The van der Waals surface area contributed by atoms with Crippen LogP contribution in [0, 0.1) is 6.92 Å². The van der Waals surface area contributed by atoms with Crippen LogP contribution in [-0.4, -0.2) is 6.29 Å². The molecule has 2 rings (SSSR count). The summed E-state index contributed by atoms with van der Waals surface area (Å²) in [5, 5.41) is 1.19. The molecule has 2 aromatic rings. The first kappa shape index (κ1) is 13.9. The Balaban J connectivity index is 2.23. The van der Waals surface area contributed by atoms with Crippen molar-refractivity contribution in [3.8, 4) is 5.75 Å². The third-order valence-electron chi connectivity index (χ3n) is 2.75. The minimum Gasteiger partial charge on any atom is -0.488 e. The molecule has 0 radical (unpaired) electrons. The van der Waals surface area contributed by atoms with Gasteiger partial charge in [0.05, 0.1) is 5.56 Å². The van der Waals surface area contributed by atoms with Crippen LogP contribution in [0.1, 0.15) is 21.5 Å². The lowest BCUT2D eigenvalue weighted by Crippen LogP contribution is -2.00. The maximum absolute atomic E-state index is 11.0. The molecule has 0 amide bonds. The fourth-order valence-corrected chi connectivity index (χ4v) is 2.14. The van der Waals surface area contributed by atoms with Crippen molar-refractivity contribution in [2.24, 2.45) is 0 Å². The summed E-state index contributed by atoms with van der Waals surface area (Å²) in [7, 11) is 0. The van der Waals surface area contributed by atoms with Gasteiger partial charge in [0, 0.05) is 15.6 Å². The summed E-state index contributed by atoms with van der Waals surface area (Å²) < 4.78 is 5.71. The number of aldehydes is 1. The van der Waals surface area contributed by atoms with Gasteiger partial charge in [0.1, 0.15) is 12.4 Å². The maximum Gasteiger partial charge on any atom is 0.153 e. The molecule has 0 spiro atoms. The fraction of sp³-hybridized carbons (Fsp3) is 0.133. The zero-order chi connectivity index (χ0) is 13.8. The minimum atomic E-state index is 0.269. The molecule has 0 aliphatic carbocycles. The van der Waals surface area contributed by atoms with Gasteiger partial charge >= 0.3 is 0 Å². The first-order chi connectivity index (χ1) is 9.11. The lowest BCUT2D eigenvalue weighted by molar-refractivity contribution is 0.111. The van der Waals surface area contributed by atoms with E-state index in [9.17, 15) is 4.79 Å². The molecule has 0 fully saturated rings. The minimum absolute atomic E-state index is 0.269. The molecule has 0 heterocycles. The van der Waals surface area contributed by atoms with E-state index in [4.69, 9.17) is 27.9 Å². The van der Waals surface area contributed by atoms with E-state index in [1.807, 2.05) is 19.1 Å². The molecule has 0 N–H and O–H groups in total. The van der Waals surface area contributed by atoms with Crippen LogP contribution in [-0.2, 0) is 6.61 Å². The smallest absolute Gasteiger partial charge is 0.153 e. The summed E-state index contributed by atoms with van der Waals surface area (Å²) >= 11 is 12.0. The Bertz CT molecular complexity index is 609. The van der Waals surface area contributed by atoms with Crippen LogP contribution in [0.4, 0.5) is 0 Å². The van der Waals surface area contributed by atoms with E-state index in [0.717, 1.165) is 17.4 Å². The number of benzene rings is 2. The molecule has 19 heavy (non-hydrogen) atoms. The van der Waals surface area contributed by atoms with Crippen molar-refractivity contribution in [2.45, 2.75) is 13.5 Å². The Morgan fingerprint density at radius 2 is 2.00 bits per heavy atom. The van der Waals surface area contributed by atoms with Gasteiger partial charge in [-0.2, -0.15) is 0 Å². The van der Waals surface area contributed by atoms with Gasteiger partial charge in [-0.25, -0.2) is 0 Å². The topological polar surface area (TPSA) is 26.3 Å². The van der Waals surface area contributed by atoms with E-state index >= 15 is 0 Å². The third kappa shape index (κ3) is 3.28. The second-order valence-electron chi connectivity index (χ2n) is 4.14. The van der Waals surface area contributed by atoms with Gasteiger partial charge in [0.2, 0.25) is 0 Å². The normalized spacial score (nSPS) is 10.3. The highest BCUT2D eigenvalue weighted by atomic mass is 35.5. The monoisotopic (exact) mass is 294 g/mol. The highest BCUT2D eigenvalue weighted by Gasteiger charge is 2.08. The summed E-state index contributed by atoms with van der Waals surface area (Å²) in [5.41, 5.74) is 2.22. The van der Waals surface area contributed by atoms with Crippen LogP contribution < -0.4 is 4.74 Å². The van der Waals surface area contributed by atoms with Gasteiger partial charge < -0.3 is 4.74 Å². The van der Waals surface area contributed by atoms with Crippen molar-refractivity contribution in [1.82, 2.24) is 0 Å². The first-order valence-corrected chi connectivity index (χ1v) is 6.49. The molecule has 0 atom stereocenters. The highest BCUT2D eigenvalue weighted by Crippen LogP contribution is 2.26. The van der Waals surface area contributed by atoms with Crippen molar-refractivity contribution in [3.63, 3.8) is 0 Å². The number of carbonyl (C=O) groups excluding carboxylic acids is 1. The molecule has 0 aliphatic heterocycles. The number of ether oxygens (including phenoxy) is 1. The SMILES string of the molecule is Cc1cccc(C=O)c1OCc1cc(Cl)ccc1Cl. The zero-order valence-corrected chi connectivity index (χ0v) is 11.8. The Kier molecular flexibility index (Phi) is 4.46. The predicted octanol–water partition coefficient (Wildman–Crippen LogP) is 4.69. The van der Waals surface area contributed by atoms with Crippen LogP contribution >= 0.6 is 23.2 Å². The van der Waals surface area contributed by atoms with Gasteiger partial charge in [-0.3, -0.25) is 4.79 Å². The van der Waals surface area contributed by atoms with Gasteiger partial charge in [-0.05, 0) is 36.8 Å². The van der Waals surface area contributed by atoms with Crippen molar-refractivity contribution < 1.29 is 9.53 Å². The van der Waals surface area contributed by atoms with Gasteiger partial charge in [0.15, 0.2) is 6.29 Å². The molecular formula is C15H12Cl2O2. The standard InChI is InChI=1S/C15H12Cl2O2/c1-10-3-2-4-11(8-18)15(10)19-9-12-7-13(16)5-6-14(12)17/h2-8H,9H2,1H3. The van der Waals surface area contributed by atoms with Crippen LogP contribution in [0.3, 0.4) is 0 Å². The number of rotatable bonds is 4. The molecule has 0 saturated heterocycles. The Hall–Kier alpha value is -1.51. The molecule has 2 aromatic carbocycles. The molecule has 0 bridgehead atoms. The van der Waals surface area contributed by atoms with Crippen molar-refractivity contribution in [1.29, 1.82) is 0 Å². The van der Waals surface area contributed by atoms with Crippen molar-refractivity contribution in [2.75, 3.05) is 0 Å². The van der Waals surface area contributed by atoms with E-state index in [-0.39, 0.29) is 6.61 Å². The Labute approximate surface area is 121 Å². The quantitative estimate of drug-likeness (QED) is 0.765. The zero-order valence-electron chi connectivity index (χ0n) is 10.3. The molecule has 4 heteroatoms. The molecule has 2 nitrogen and oxygen atoms in total. The van der Waals surface area contributed by atoms with E-state index in [1.165, 1.54) is 0 Å². The molecule has 0 saturated carbocycles. The second kappa shape index (κ2) is 6.09. The summed E-state index contributed by atoms with van der Waals surface area (Å²) in [5.74, 6) is 0.577. The largest absolute Gasteiger partial charge is 0.488 e. The number of carbonyl (C=O) groups is 1. The van der Waals surface area contributed by atoms with Crippen LogP contribution in [0.5, 0.6) is 5.75 Å². The second-order valence-corrected chi connectivity index (χ2v) is 4.98. The number of hydrogen-bond donors (Lipinski definition) is 0. The van der Waals surface area contributed by atoms with E-state index in [2.05, 4.69) is 0 Å². The number of aryl methyl sites for hydroxylation is 1. The van der Waals surface area contributed by atoms with E-state index < -0.39 is 0 Å². The number of halogens is 2. The number of para-hydroxylation sites is 1. The number of hydrogen-bond acceptors (Lipinski definition) is 2. The van der Waals surface area contributed by atoms with E-state index in [0.29, 0.717) is 21.4 Å². The lowest BCUT2D eigenvalue weighted by atomic mass is 10.1. The Morgan fingerprint density at radius 3 is 2.74 bits per heavy atom. The van der Waals surface area contributed by atoms with Crippen molar-refractivity contribution in [3.05, 3.63) is 63.1 Å². The predicted molar refractivity (Wildman–Crippen MR) is 77.4 cm³/mol. The first-order valence-electron chi connectivity index (χ1n) is 5.73. The highest BCUT2D eigenvalue weighted by molar-refractivity contribution is 6.33. The molecule has 0 aromatic heterocycles. The van der Waals surface area contributed by atoms with Crippen LogP contribution in [0.15, 0.2) is 36.4 Å². The fourth-order valence-electron chi connectivity index (χ4n) is 1.77. The van der Waals surface area contributed by atoms with Gasteiger partial charge in [-0.15, -0.1) is 0 Å². The van der Waals surface area contributed by atoms with Crippen LogP contribution in [0.2, 0.25) is 10.0 Å². The molecular weight excluding hydrogens is 283 g/mol. The summed E-state index contributed by atoms with van der Waals surface area (Å²) in [4.78, 5) is 11.0. The van der Waals surface area contributed by atoms with Gasteiger partial charge in [0.25, 0.3) is 0 Å². The Morgan fingerprint density at radius 1 is 1.21 bits per heavy atom. The average Bonchev–Trinajstić information content (AvgIpc) is 2.40. The summed E-state index contributed by atoms with van der Waals surface area (Å²) in [6.45, 7) is 2.16. The average molecular weight is 295 g/mol. The molecule has 0 unspecified atom stereocenters. The molecule has 0 aliphatic rings.